The van der Waals surface area contributed by atoms with Crippen LogP contribution in [0.5, 0.6) is 11.5 Å². The third-order valence-electron chi connectivity index (χ3n) is 3.32. The number of benzene rings is 2. The van der Waals surface area contributed by atoms with Crippen molar-refractivity contribution in [1.29, 1.82) is 5.26 Å². The molecule has 2 aromatic carbocycles. The van der Waals surface area contributed by atoms with Crippen molar-refractivity contribution in [3.63, 3.8) is 0 Å². The van der Waals surface area contributed by atoms with Gasteiger partial charge in [-0.2, -0.15) is 5.26 Å². The second-order valence-corrected chi connectivity index (χ2v) is 5.95. The van der Waals surface area contributed by atoms with E-state index in [0.29, 0.717) is 18.8 Å². The number of urea groups is 1. The van der Waals surface area contributed by atoms with Gasteiger partial charge in [0, 0.05) is 13.1 Å². The molecule has 6 nitrogen and oxygen atoms in total. The first-order chi connectivity index (χ1) is 12.1. The van der Waals surface area contributed by atoms with Crippen LogP contribution in [0.15, 0.2) is 46.9 Å². The average molecular weight is 404 g/mol. The van der Waals surface area contributed by atoms with E-state index in [-0.39, 0.29) is 12.6 Å². The number of amides is 2. The number of methoxy groups -OCH3 is 1. The summed E-state index contributed by atoms with van der Waals surface area (Å²) in [6.45, 7) is 0.760. The first-order valence-electron chi connectivity index (χ1n) is 7.55. The van der Waals surface area contributed by atoms with E-state index in [0.717, 1.165) is 21.3 Å². The molecule has 25 heavy (non-hydrogen) atoms. The molecule has 2 amide bonds. The maximum Gasteiger partial charge on any atom is 0.315 e. The summed E-state index contributed by atoms with van der Waals surface area (Å²) in [4.78, 5) is 11.9. The van der Waals surface area contributed by atoms with Crippen LogP contribution in [0, 0.1) is 11.3 Å². The summed E-state index contributed by atoms with van der Waals surface area (Å²) in [7, 11) is 1.60. The number of carbonyl (C=O) groups excluding carboxylic acids is 1. The van der Waals surface area contributed by atoms with Crippen LogP contribution < -0.4 is 20.1 Å². The van der Waals surface area contributed by atoms with Crippen LogP contribution >= 0.6 is 15.9 Å². The Morgan fingerprint density at radius 2 is 1.88 bits per heavy atom. The minimum Gasteiger partial charge on any atom is -0.496 e. The predicted octanol–water partition coefficient (Wildman–Crippen LogP) is 3.36. The van der Waals surface area contributed by atoms with E-state index in [1.807, 2.05) is 36.4 Å². The normalized spacial score (nSPS) is 9.80. The van der Waals surface area contributed by atoms with Gasteiger partial charge < -0.3 is 20.1 Å². The van der Waals surface area contributed by atoms with Crippen LogP contribution in [-0.4, -0.2) is 19.7 Å². The summed E-state index contributed by atoms with van der Waals surface area (Å²) in [5.74, 6) is 1.34. The first kappa shape index (κ1) is 18.6. The van der Waals surface area contributed by atoms with Crippen molar-refractivity contribution < 1.29 is 14.3 Å². The van der Waals surface area contributed by atoms with E-state index in [4.69, 9.17) is 14.7 Å². The summed E-state index contributed by atoms with van der Waals surface area (Å²) >= 11 is 3.41. The summed E-state index contributed by atoms with van der Waals surface area (Å²) in [6.07, 6.45) is 0. The lowest BCUT2D eigenvalue weighted by atomic mass is 10.2. The van der Waals surface area contributed by atoms with Gasteiger partial charge in [-0.05, 0) is 51.3 Å². The fourth-order valence-electron chi connectivity index (χ4n) is 2.11. The van der Waals surface area contributed by atoms with Gasteiger partial charge in [0.15, 0.2) is 6.61 Å². The highest BCUT2D eigenvalue weighted by Crippen LogP contribution is 2.25. The van der Waals surface area contributed by atoms with E-state index >= 15 is 0 Å². The van der Waals surface area contributed by atoms with E-state index in [9.17, 15) is 4.79 Å². The van der Waals surface area contributed by atoms with E-state index < -0.39 is 0 Å². The summed E-state index contributed by atoms with van der Waals surface area (Å²) in [5.41, 5.74) is 1.84. The van der Waals surface area contributed by atoms with Crippen molar-refractivity contribution in [2.45, 2.75) is 13.1 Å². The molecule has 0 bridgehead atoms. The molecule has 0 aliphatic carbocycles. The van der Waals surface area contributed by atoms with Crippen molar-refractivity contribution in [2.24, 2.45) is 0 Å². The molecule has 0 heterocycles. The molecule has 2 aromatic rings. The fraction of sp³-hybridized carbons (Fsp3) is 0.222. The maximum atomic E-state index is 11.9. The number of rotatable bonds is 7. The van der Waals surface area contributed by atoms with E-state index in [1.165, 1.54) is 0 Å². The number of nitrogens with one attached hydrogen (secondary N) is 2. The molecule has 7 heteroatoms. The van der Waals surface area contributed by atoms with Crippen LogP contribution in [0.3, 0.4) is 0 Å². The molecule has 0 fully saturated rings. The summed E-state index contributed by atoms with van der Waals surface area (Å²) in [5, 5.41) is 14.1. The van der Waals surface area contributed by atoms with Crippen LogP contribution in [0.2, 0.25) is 0 Å². The Morgan fingerprint density at radius 3 is 2.52 bits per heavy atom. The molecule has 0 aliphatic rings. The van der Waals surface area contributed by atoms with Gasteiger partial charge in [-0.25, -0.2) is 4.79 Å². The largest absolute Gasteiger partial charge is 0.496 e. The molecule has 0 atom stereocenters. The van der Waals surface area contributed by atoms with Crippen molar-refractivity contribution >= 4 is 22.0 Å². The fourth-order valence-corrected chi connectivity index (χ4v) is 2.70. The number of nitrogens with zero attached hydrogens (tertiary/aromatic N) is 1. The van der Waals surface area contributed by atoms with Crippen LogP contribution in [-0.2, 0) is 13.1 Å². The lowest BCUT2D eigenvalue weighted by molar-refractivity contribution is 0.240. The van der Waals surface area contributed by atoms with Gasteiger partial charge in [-0.1, -0.05) is 18.2 Å². The Bertz CT molecular complexity index is 774. The van der Waals surface area contributed by atoms with Gasteiger partial charge in [-0.15, -0.1) is 0 Å². The van der Waals surface area contributed by atoms with Gasteiger partial charge in [0.25, 0.3) is 0 Å². The lowest BCUT2D eigenvalue weighted by Gasteiger charge is -2.10. The molecule has 130 valence electrons. The summed E-state index contributed by atoms with van der Waals surface area (Å²) in [6, 6.07) is 14.5. The number of carbonyl (C=O) groups is 1. The molecule has 0 unspecified atom stereocenters. The monoisotopic (exact) mass is 403 g/mol. The Morgan fingerprint density at radius 1 is 1.16 bits per heavy atom. The third-order valence-corrected chi connectivity index (χ3v) is 3.94. The smallest absolute Gasteiger partial charge is 0.315 e. The highest BCUT2D eigenvalue weighted by Gasteiger charge is 2.04. The highest BCUT2D eigenvalue weighted by molar-refractivity contribution is 9.10. The second-order valence-electron chi connectivity index (χ2n) is 5.10. The average Bonchev–Trinajstić information content (AvgIpc) is 2.63. The number of halogens is 1. The van der Waals surface area contributed by atoms with Gasteiger partial charge in [0.2, 0.25) is 0 Å². The van der Waals surface area contributed by atoms with Crippen molar-refractivity contribution in [3.05, 3.63) is 58.1 Å². The number of nitriles is 1. The van der Waals surface area contributed by atoms with Gasteiger partial charge in [0.1, 0.15) is 17.6 Å². The molecule has 0 saturated heterocycles. The zero-order chi connectivity index (χ0) is 18.1. The van der Waals surface area contributed by atoms with Crippen LogP contribution in [0.4, 0.5) is 4.79 Å². The SMILES string of the molecule is COc1ccc(CNC(=O)NCc2cccc(OCC#N)c2)cc1Br. The van der Waals surface area contributed by atoms with E-state index in [2.05, 4.69) is 26.6 Å². The zero-order valence-corrected chi connectivity index (χ0v) is 15.3. The van der Waals surface area contributed by atoms with Crippen LogP contribution in [0.1, 0.15) is 11.1 Å². The Balaban J connectivity index is 1.81. The summed E-state index contributed by atoms with van der Waals surface area (Å²) < 4.78 is 11.2. The molecule has 0 radical (unpaired) electrons. The third kappa shape index (κ3) is 6.01. The quantitative estimate of drug-likeness (QED) is 0.742. The molecule has 0 aromatic heterocycles. The zero-order valence-electron chi connectivity index (χ0n) is 13.7. The lowest BCUT2D eigenvalue weighted by Crippen LogP contribution is -2.34. The maximum absolute atomic E-state index is 11.9. The van der Waals surface area contributed by atoms with Gasteiger partial charge in [-0.3, -0.25) is 0 Å². The van der Waals surface area contributed by atoms with Gasteiger partial charge >= 0.3 is 6.03 Å². The Kier molecular flexibility index (Phi) is 7.11. The molecular weight excluding hydrogens is 386 g/mol. The van der Waals surface area contributed by atoms with Crippen LogP contribution in [0.25, 0.3) is 0 Å². The molecule has 0 spiro atoms. The molecule has 2 rings (SSSR count). The van der Waals surface area contributed by atoms with Crippen molar-refractivity contribution in [1.82, 2.24) is 10.6 Å². The first-order valence-corrected chi connectivity index (χ1v) is 8.34. The van der Waals surface area contributed by atoms with Crippen molar-refractivity contribution in [3.8, 4) is 17.6 Å². The molecule has 0 saturated carbocycles. The van der Waals surface area contributed by atoms with Gasteiger partial charge in [0.05, 0.1) is 11.6 Å². The molecule has 2 N–H and O–H groups in total. The number of ether oxygens (including phenoxy) is 2. The topological polar surface area (TPSA) is 83.4 Å². The predicted molar refractivity (Wildman–Crippen MR) is 97.3 cm³/mol. The second kappa shape index (κ2) is 9.55. The Labute approximate surface area is 154 Å². The Hall–Kier alpha value is -2.72. The minimum absolute atomic E-state index is 0.00517. The molecular formula is C18H18BrN3O3. The highest BCUT2D eigenvalue weighted by atomic mass is 79.9. The van der Waals surface area contributed by atoms with E-state index in [1.54, 1.807) is 19.2 Å². The standard InChI is InChI=1S/C18H18BrN3O3/c1-24-17-6-5-14(10-16(17)19)12-22-18(23)21-11-13-3-2-4-15(9-13)25-8-7-20/h2-6,9-10H,8,11-12H2,1H3,(H2,21,22,23). The number of hydrogen-bond donors (Lipinski definition) is 2. The minimum atomic E-state index is -0.268. The van der Waals surface area contributed by atoms with Crippen molar-refractivity contribution in [2.75, 3.05) is 13.7 Å². The number of hydrogen-bond acceptors (Lipinski definition) is 4. The molecule has 0 aliphatic heterocycles.